The molecular formula is C18H26ClN3O5S. The number of nitrogens with zero attached hydrogens (tertiary/aromatic N) is 2. The quantitative estimate of drug-likeness (QED) is 0.661. The molecule has 1 amide bonds. The van der Waals surface area contributed by atoms with E-state index in [1.165, 1.54) is 26.2 Å². The zero-order valence-electron chi connectivity index (χ0n) is 16.3. The van der Waals surface area contributed by atoms with Crippen LogP contribution in [0.1, 0.15) is 19.8 Å². The van der Waals surface area contributed by atoms with Crippen molar-refractivity contribution in [3.05, 3.63) is 23.2 Å². The van der Waals surface area contributed by atoms with Crippen molar-refractivity contribution in [3.8, 4) is 0 Å². The van der Waals surface area contributed by atoms with E-state index in [0.29, 0.717) is 25.4 Å². The molecule has 0 aromatic heterocycles. The van der Waals surface area contributed by atoms with Crippen LogP contribution in [0.4, 0.5) is 5.69 Å². The second-order valence-corrected chi connectivity index (χ2v) is 9.33. The van der Waals surface area contributed by atoms with Gasteiger partial charge >= 0.3 is 5.97 Å². The van der Waals surface area contributed by atoms with Crippen LogP contribution in [0.2, 0.25) is 5.02 Å². The monoisotopic (exact) mass is 431 g/mol. The van der Waals surface area contributed by atoms with E-state index in [-0.39, 0.29) is 34.3 Å². The molecule has 0 saturated carbocycles. The van der Waals surface area contributed by atoms with Crippen LogP contribution in [0.15, 0.2) is 23.1 Å². The van der Waals surface area contributed by atoms with Gasteiger partial charge < -0.3 is 10.1 Å². The number of piperidine rings is 1. The summed E-state index contributed by atoms with van der Waals surface area (Å²) >= 11 is 6.02. The van der Waals surface area contributed by atoms with Gasteiger partial charge in [-0.15, -0.1) is 0 Å². The van der Waals surface area contributed by atoms with Gasteiger partial charge in [0, 0.05) is 26.3 Å². The number of amides is 1. The highest BCUT2D eigenvalue weighted by atomic mass is 35.5. The first-order valence-electron chi connectivity index (χ1n) is 9.06. The van der Waals surface area contributed by atoms with Crippen LogP contribution in [0.25, 0.3) is 0 Å². The molecule has 0 spiro atoms. The minimum atomic E-state index is -3.73. The van der Waals surface area contributed by atoms with Crippen LogP contribution in [0, 0.1) is 5.92 Å². The molecule has 1 atom stereocenters. The summed E-state index contributed by atoms with van der Waals surface area (Å²) in [5.41, 5.74) is 0.341. The predicted molar refractivity (Wildman–Crippen MR) is 107 cm³/mol. The third-order valence-electron chi connectivity index (χ3n) is 4.47. The first-order valence-corrected chi connectivity index (χ1v) is 10.9. The van der Waals surface area contributed by atoms with Crippen LogP contribution < -0.4 is 5.32 Å². The number of carbonyl (C=O) groups is 2. The maximum atomic E-state index is 12.4. The van der Waals surface area contributed by atoms with Crippen LogP contribution in [-0.2, 0) is 24.3 Å². The van der Waals surface area contributed by atoms with E-state index in [9.17, 15) is 18.0 Å². The Morgan fingerprint density at radius 3 is 2.71 bits per heavy atom. The Labute approximate surface area is 170 Å². The molecule has 10 heteroatoms. The van der Waals surface area contributed by atoms with Gasteiger partial charge in [0.05, 0.1) is 24.1 Å². The molecule has 0 bridgehead atoms. The SMILES string of the molecule is CCOC(=O)[C@@H]1CCCN(CC(=O)Nc2ccc(Cl)c(S(=O)(=O)N(C)C)c2)C1. The van der Waals surface area contributed by atoms with E-state index in [2.05, 4.69) is 5.32 Å². The smallest absolute Gasteiger partial charge is 0.310 e. The molecule has 1 heterocycles. The summed E-state index contributed by atoms with van der Waals surface area (Å²) in [6.07, 6.45) is 1.56. The Bertz CT molecular complexity index is 829. The second kappa shape index (κ2) is 9.69. The van der Waals surface area contributed by atoms with Crippen LogP contribution in [0.3, 0.4) is 0 Å². The van der Waals surface area contributed by atoms with Crippen molar-refractivity contribution >= 4 is 39.2 Å². The lowest BCUT2D eigenvalue weighted by Crippen LogP contribution is -2.43. The summed E-state index contributed by atoms with van der Waals surface area (Å²) in [5.74, 6) is -0.752. The molecule has 8 nitrogen and oxygen atoms in total. The lowest BCUT2D eigenvalue weighted by molar-refractivity contribution is -0.150. The van der Waals surface area contributed by atoms with E-state index in [4.69, 9.17) is 16.3 Å². The molecule has 1 fully saturated rings. The molecule has 1 N–H and O–H groups in total. The molecular weight excluding hydrogens is 406 g/mol. The Hall–Kier alpha value is -1.68. The van der Waals surface area contributed by atoms with E-state index in [0.717, 1.165) is 17.1 Å². The number of rotatable bonds is 7. The van der Waals surface area contributed by atoms with Crippen molar-refractivity contribution in [1.29, 1.82) is 0 Å². The largest absolute Gasteiger partial charge is 0.466 e. The number of sulfonamides is 1. The number of nitrogens with one attached hydrogen (secondary N) is 1. The third-order valence-corrected chi connectivity index (χ3v) is 6.76. The Balaban J connectivity index is 2.02. The number of benzene rings is 1. The molecule has 1 aromatic rings. The fourth-order valence-electron chi connectivity index (χ4n) is 3.03. The maximum Gasteiger partial charge on any atom is 0.310 e. The van der Waals surface area contributed by atoms with Crippen molar-refractivity contribution in [2.24, 2.45) is 5.92 Å². The average molecular weight is 432 g/mol. The lowest BCUT2D eigenvalue weighted by Gasteiger charge is -2.30. The normalized spacial score (nSPS) is 18.1. The van der Waals surface area contributed by atoms with Gasteiger partial charge in [0.25, 0.3) is 0 Å². The first kappa shape index (κ1) is 22.6. The topological polar surface area (TPSA) is 96.0 Å². The van der Waals surface area contributed by atoms with E-state index in [1.54, 1.807) is 13.0 Å². The number of carbonyl (C=O) groups excluding carboxylic acids is 2. The van der Waals surface area contributed by atoms with Crippen LogP contribution in [-0.4, -0.2) is 69.8 Å². The van der Waals surface area contributed by atoms with Crippen LogP contribution in [0.5, 0.6) is 0 Å². The molecule has 0 unspecified atom stereocenters. The minimum absolute atomic E-state index is 0.0719. The maximum absolute atomic E-state index is 12.4. The highest BCUT2D eigenvalue weighted by Gasteiger charge is 2.28. The summed E-state index contributed by atoms with van der Waals surface area (Å²) in [7, 11) is -0.907. The van der Waals surface area contributed by atoms with Gasteiger partial charge in [0.2, 0.25) is 15.9 Å². The van der Waals surface area contributed by atoms with Gasteiger partial charge in [-0.25, -0.2) is 12.7 Å². The van der Waals surface area contributed by atoms with E-state index < -0.39 is 10.0 Å². The Morgan fingerprint density at radius 2 is 2.07 bits per heavy atom. The second-order valence-electron chi connectivity index (χ2n) is 6.81. The van der Waals surface area contributed by atoms with E-state index >= 15 is 0 Å². The van der Waals surface area contributed by atoms with Gasteiger partial charge in [0.1, 0.15) is 4.90 Å². The van der Waals surface area contributed by atoms with Crippen molar-refractivity contribution in [1.82, 2.24) is 9.21 Å². The summed E-state index contributed by atoms with van der Waals surface area (Å²) in [4.78, 5) is 26.1. The summed E-state index contributed by atoms with van der Waals surface area (Å²) < 4.78 is 30.8. The fourth-order valence-corrected chi connectivity index (χ4v) is 4.42. The molecule has 1 saturated heterocycles. The lowest BCUT2D eigenvalue weighted by atomic mass is 9.98. The molecule has 0 radical (unpaired) electrons. The Morgan fingerprint density at radius 1 is 1.36 bits per heavy atom. The standard InChI is InChI=1S/C18H26ClN3O5S/c1-4-27-18(24)13-6-5-9-22(11-13)12-17(23)20-14-7-8-15(19)16(10-14)28(25,26)21(2)3/h7-8,10,13H,4-6,9,11-12H2,1-3H3,(H,20,23)/t13-/m1/s1. The first-order chi connectivity index (χ1) is 13.1. The zero-order valence-corrected chi connectivity index (χ0v) is 17.8. The molecule has 0 aliphatic carbocycles. The number of likely N-dealkylation sites (tertiary alicyclic amines) is 1. The van der Waals surface area contributed by atoms with E-state index in [1.807, 2.05) is 4.90 Å². The van der Waals surface area contributed by atoms with Crippen molar-refractivity contribution in [2.45, 2.75) is 24.7 Å². The van der Waals surface area contributed by atoms with Crippen molar-refractivity contribution in [3.63, 3.8) is 0 Å². The fraction of sp³-hybridized carbons (Fsp3) is 0.556. The molecule has 1 aromatic carbocycles. The summed E-state index contributed by atoms with van der Waals surface area (Å²) in [5, 5.41) is 2.78. The number of hydrogen-bond donors (Lipinski definition) is 1. The molecule has 1 aliphatic heterocycles. The predicted octanol–water partition coefficient (Wildman–Crippen LogP) is 1.80. The number of halogens is 1. The summed E-state index contributed by atoms with van der Waals surface area (Å²) in [6.45, 7) is 3.39. The van der Waals surface area contributed by atoms with Gasteiger partial charge in [-0.2, -0.15) is 0 Å². The van der Waals surface area contributed by atoms with Gasteiger partial charge in [-0.3, -0.25) is 14.5 Å². The molecule has 2 rings (SSSR count). The third kappa shape index (κ3) is 5.66. The summed E-state index contributed by atoms with van der Waals surface area (Å²) in [6, 6.07) is 4.32. The van der Waals surface area contributed by atoms with Gasteiger partial charge in [0.15, 0.2) is 0 Å². The molecule has 156 valence electrons. The Kier molecular flexibility index (Phi) is 7.82. The van der Waals surface area contributed by atoms with Gasteiger partial charge in [-0.05, 0) is 44.5 Å². The number of anilines is 1. The van der Waals surface area contributed by atoms with Crippen molar-refractivity contribution < 1.29 is 22.7 Å². The average Bonchev–Trinajstić information content (AvgIpc) is 2.63. The number of esters is 1. The molecule has 28 heavy (non-hydrogen) atoms. The number of ether oxygens (including phenoxy) is 1. The highest BCUT2D eigenvalue weighted by molar-refractivity contribution is 7.89. The van der Waals surface area contributed by atoms with Crippen LogP contribution >= 0.6 is 11.6 Å². The minimum Gasteiger partial charge on any atom is -0.466 e. The van der Waals surface area contributed by atoms with Gasteiger partial charge in [-0.1, -0.05) is 11.6 Å². The zero-order chi connectivity index (χ0) is 20.9. The number of hydrogen-bond acceptors (Lipinski definition) is 6. The van der Waals surface area contributed by atoms with Crippen molar-refractivity contribution in [2.75, 3.05) is 45.7 Å². The highest BCUT2D eigenvalue weighted by Crippen LogP contribution is 2.27. The molecule has 1 aliphatic rings.